The highest BCUT2D eigenvalue weighted by molar-refractivity contribution is 5.76. The zero-order valence-corrected chi connectivity index (χ0v) is 14.3. The van der Waals surface area contributed by atoms with Gasteiger partial charge >= 0.3 is 0 Å². The van der Waals surface area contributed by atoms with E-state index in [4.69, 9.17) is 0 Å². The molecule has 1 amide bonds. The van der Waals surface area contributed by atoms with E-state index in [9.17, 15) is 4.79 Å². The van der Waals surface area contributed by atoms with E-state index in [1.807, 2.05) is 17.2 Å². The van der Waals surface area contributed by atoms with Gasteiger partial charge < -0.3 is 4.90 Å². The first-order valence-corrected chi connectivity index (χ1v) is 8.64. The Hall–Kier alpha value is -2.14. The van der Waals surface area contributed by atoms with Gasteiger partial charge in [0.15, 0.2) is 0 Å². The molecule has 0 N–H and O–H groups in total. The standard InChI is InChI=1S/C19H24N4O/c1-14-6-3-4-7-16(14)19-17-12-22(11-15(17)10-21(19)2)18(24)13-23-9-5-8-20-23/h3-9,15,17,19H,10-13H2,1-2H3/t15-,17+,19+/m0/s1. The molecule has 24 heavy (non-hydrogen) atoms. The number of hydrogen-bond acceptors (Lipinski definition) is 3. The van der Waals surface area contributed by atoms with E-state index in [-0.39, 0.29) is 5.91 Å². The Labute approximate surface area is 142 Å². The minimum Gasteiger partial charge on any atom is -0.340 e. The van der Waals surface area contributed by atoms with Crippen LogP contribution in [-0.4, -0.2) is 52.2 Å². The van der Waals surface area contributed by atoms with Crippen LogP contribution in [0.4, 0.5) is 0 Å². The minimum atomic E-state index is 0.180. The largest absolute Gasteiger partial charge is 0.340 e. The number of carbonyl (C=O) groups is 1. The molecule has 0 radical (unpaired) electrons. The smallest absolute Gasteiger partial charge is 0.244 e. The minimum absolute atomic E-state index is 0.180. The van der Waals surface area contributed by atoms with E-state index in [1.54, 1.807) is 10.9 Å². The lowest BCUT2D eigenvalue weighted by atomic mass is 9.88. The summed E-state index contributed by atoms with van der Waals surface area (Å²) in [6.07, 6.45) is 3.56. The van der Waals surface area contributed by atoms with Crippen LogP contribution in [0.25, 0.3) is 0 Å². The van der Waals surface area contributed by atoms with Crippen LogP contribution in [0.1, 0.15) is 17.2 Å². The van der Waals surface area contributed by atoms with Crippen molar-refractivity contribution >= 4 is 5.91 Å². The highest BCUT2D eigenvalue weighted by Gasteiger charge is 2.47. The zero-order chi connectivity index (χ0) is 16.7. The lowest BCUT2D eigenvalue weighted by molar-refractivity contribution is -0.131. The molecule has 2 aliphatic rings. The Bertz CT molecular complexity index is 727. The van der Waals surface area contributed by atoms with Gasteiger partial charge in [-0.25, -0.2) is 0 Å². The fourth-order valence-electron chi connectivity index (χ4n) is 4.48. The number of nitrogens with zero attached hydrogens (tertiary/aromatic N) is 4. The highest BCUT2D eigenvalue weighted by atomic mass is 16.2. The van der Waals surface area contributed by atoms with E-state index in [2.05, 4.69) is 48.2 Å². The van der Waals surface area contributed by atoms with Crippen LogP contribution in [0.15, 0.2) is 42.7 Å². The first-order chi connectivity index (χ1) is 11.6. The van der Waals surface area contributed by atoms with Gasteiger partial charge in [-0.05, 0) is 37.1 Å². The normalized spacial score (nSPS) is 26.8. The van der Waals surface area contributed by atoms with E-state index in [1.165, 1.54) is 11.1 Å². The summed E-state index contributed by atoms with van der Waals surface area (Å²) < 4.78 is 1.71. The molecule has 4 rings (SSSR count). The van der Waals surface area contributed by atoms with Crippen molar-refractivity contribution in [1.82, 2.24) is 19.6 Å². The molecule has 1 aromatic heterocycles. The molecule has 2 aliphatic heterocycles. The van der Waals surface area contributed by atoms with Gasteiger partial charge in [0.05, 0.1) is 0 Å². The molecular formula is C19H24N4O. The summed E-state index contributed by atoms with van der Waals surface area (Å²) in [5.74, 6) is 1.28. The first kappa shape index (κ1) is 15.4. The quantitative estimate of drug-likeness (QED) is 0.866. The molecule has 3 atom stereocenters. The molecule has 0 spiro atoms. The number of benzene rings is 1. The maximum Gasteiger partial charge on any atom is 0.244 e. The summed E-state index contributed by atoms with van der Waals surface area (Å²) >= 11 is 0. The summed E-state index contributed by atoms with van der Waals surface area (Å²) in [5.41, 5.74) is 2.75. The zero-order valence-electron chi connectivity index (χ0n) is 14.3. The molecule has 0 unspecified atom stereocenters. The van der Waals surface area contributed by atoms with Crippen LogP contribution < -0.4 is 0 Å². The van der Waals surface area contributed by atoms with Crippen LogP contribution in [0, 0.1) is 18.8 Å². The monoisotopic (exact) mass is 324 g/mol. The second kappa shape index (κ2) is 6.06. The van der Waals surface area contributed by atoms with Crippen molar-refractivity contribution in [1.29, 1.82) is 0 Å². The third kappa shape index (κ3) is 2.63. The second-order valence-electron chi connectivity index (χ2n) is 7.17. The van der Waals surface area contributed by atoms with Crippen molar-refractivity contribution in [3.8, 4) is 0 Å². The molecule has 3 heterocycles. The molecule has 2 aromatic rings. The molecule has 5 nitrogen and oxygen atoms in total. The van der Waals surface area contributed by atoms with Crippen molar-refractivity contribution in [2.75, 3.05) is 26.7 Å². The first-order valence-electron chi connectivity index (χ1n) is 8.64. The maximum absolute atomic E-state index is 12.6. The van der Waals surface area contributed by atoms with E-state index >= 15 is 0 Å². The maximum atomic E-state index is 12.6. The van der Waals surface area contributed by atoms with Crippen LogP contribution in [0.3, 0.4) is 0 Å². The molecule has 1 aromatic carbocycles. The van der Waals surface area contributed by atoms with Crippen LogP contribution in [-0.2, 0) is 11.3 Å². The third-order valence-corrected chi connectivity index (χ3v) is 5.61. The third-order valence-electron chi connectivity index (χ3n) is 5.61. The Morgan fingerprint density at radius 2 is 2.04 bits per heavy atom. The van der Waals surface area contributed by atoms with Crippen molar-refractivity contribution in [3.05, 3.63) is 53.9 Å². The molecule has 2 saturated heterocycles. The van der Waals surface area contributed by atoms with Gasteiger partial charge in [0.25, 0.3) is 0 Å². The predicted octanol–water partition coefficient (Wildman–Crippen LogP) is 1.95. The molecule has 5 heteroatoms. The molecule has 0 aliphatic carbocycles. The Morgan fingerprint density at radius 3 is 2.79 bits per heavy atom. The molecular weight excluding hydrogens is 300 g/mol. The van der Waals surface area contributed by atoms with Gasteiger partial charge in [-0.3, -0.25) is 14.4 Å². The highest BCUT2D eigenvalue weighted by Crippen LogP contribution is 2.44. The fraction of sp³-hybridized carbons (Fsp3) is 0.474. The number of fused-ring (bicyclic) bond motifs is 1. The second-order valence-corrected chi connectivity index (χ2v) is 7.17. The summed E-state index contributed by atoms with van der Waals surface area (Å²) in [5, 5.41) is 4.15. The van der Waals surface area contributed by atoms with E-state index < -0.39 is 0 Å². The van der Waals surface area contributed by atoms with Gasteiger partial charge in [0.2, 0.25) is 5.91 Å². The van der Waals surface area contributed by atoms with Gasteiger partial charge in [-0.15, -0.1) is 0 Å². The topological polar surface area (TPSA) is 41.4 Å². The molecule has 2 fully saturated rings. The van der Waals surface area contributed by atoms with Gasteiger partial charge in [0, 0.05) is 44.0 Å². The van der Waals surface area contributed by atoms with Crippen molar-refractivity contribution < 1.29 is 4.79 Å². The van der Waals surface area contributed by atoms with Crippen LogP contribution in [0.2, 0.25) is 0 Å². The molecule has 0 saturated carbocycles. The number of carbonyl (C=O) groups excluding carboxylic acids is 1. The number of rotatable bonds is 3. The Kier molecular flexibility index (Phi) is 3.88. The number of aryl methyl sites for hydroxylation is 1. The summed E-state index contributed by atoms with van der Waals surface area (Å²) in [6.45, 7) is 5.32. The van der Waals surface area contributed by atoms with Crippen LogP contribution >= 0.6 is 0 Å². The van der Waals surface area contributed by atoms with Crippen molar-refractivity contribution in [3.63, 3.8) is 0 Å². The fourth-order valence-corrected chi connectivity index (χ4v) is 4.48. The molecule has 126 valence electrons. The Balaban J connectivity index is 1.51. The Morgan fingerprint density at radius 1 is 1.21 bits per heavy atom. The van der Waals surface area contributed by atoms with Gasteiger partial charge in [0.1, 0.15) is 6.54 Å². The summed E-state index contributed by atoms with van der Waals surface area (Å²) in [6, 6.07) is 10.9. The lowest BCUT2D eigenvalue weighted by Gasteiger charge is -2.28. The number of aromatic nitrogens is 2. The van der Waals surface area contributed by atoms with Gasteiger partial charge in [-0.1, -0.05) is 24.3 Å². The SMILES string of the molecule is Cc1ccccc1[C@@H]1[C@@H]2CN(C(=O)Cn3cccn3)C[C@@H]2CN1C. The van der Waals surface area contributed by atoms with E-state index in [0.717, 1.165) is 19.6 Å². The number of amides is 1. The molecule has 0 bridgehead atoms. The van der Waals surface area contributed by atoms with Crippen molar-refractivity contribution in [2.24, 2.45) is 11.8 Å². The van der Waals surface area contributed by atoms with Crippen LogP contribution in [0.5, 0.6) is 0 Å². The average Bonchev–Trinajstić information content (AvgIpc) is 3.24. The predicted molar refractivity (Wildman–Crippen MR) is 92.3 cm³/mol. The number of likely N-dealkylation sites (tertiary alicyclic amines) is 2. The number of hydrogen-bond donors (Lipinski definition) is 0. The average molecular weight is 324 g/mol. The summed E-state index contributed by atoms with van der Waals surface area (Å²) in [4.78, 5) is 17.1. The van der Waals surface area contributed by atoms with Crippen molar-refractivity contribution in [2.45, 2.75) is 19.5 Å². The van der Waals surface area contributed by atoms with E-state index in [0.29, 0.717) is 24.4 Å². The lowest BCUT2D eigenvalue weighted by Crippen LogP contribution is -2.35. The van der Waals surface area contributed by atoms with Gasteiger partial charge in [-0.2, -0.15) is 5.10 Å². The summed E-state index contributed by atoms with van der Waals surface area (Å²) in [7, 11) is 2.21.